The molecule has 2 rings (SSSR count). The first-order valence-electron chi connectivity index (χ1n) is 5.31. The predicted octanol–water partition coefficient (Wildman–Crippen LogP) is -0.120. The van der Waals surface area contributed by atoms with Crippen molar-refractivity contribution in [1.29, 1.82) is 0 Å². The lowest BCUT2D eigenvalue weighted by atomic mass is 9.86. The minimum Gasteiger partial charge on any atom is -0.338 e. The average Bonchev–Trinajstić information content (AvgIpc) is 2.50. The molecule has 0 unspecified atom stereocenters. The summed E-state index contributed by atoms with van der Waals surface area (Å²) in [4.78, 5) is 13.7. The van der Waals surface area contributed by atoms with Crippen molar-refractivity contribution in [3.8, 4) is 0 Å². The summed E-state index contributed by atoms with van der Waals surface area (Å²) < 4.78 is 0. The quantitative estimate of drug-likeness (QED) is 0.662. The summed E-state index contributed by atoms with van der Waals surface area (Å²) in [5.41, 5.74) is 0.203. The maximum Gasteiger partial charge on any atom is 0.233 e. The molecule has 2 aliphatic heterocycles. The van der Waals surface area contributed by atoms with E-state index in [9.17, 15) is 4.79 Å². The minimum absolute atomic E-state index is 0.203. The Morgan fingerprint density at radius 2 is 2.36 bits per heavy atom. The number of carbonyl (C=O) groups is 1. The molecule has 80 valence electrons. The molecule has 4 heteroatoms. The highest BCUT2D eigenvalue weighted by molar-refractivity contribution is 8.01. The number of hydrogen-bond donors (Lipinski definition) is 1. The standard InChI is InChI=1S/C10H18N2OS/c1-7(2)10(3)9-12(5-4-11-10)8(13)6-14-9/h7,9,11H,4-6H2,1-3H3/p+1/t9-,10-/m0/s1. The van der Waals surface area contributed by atoms with Gasteiger partial charge in [-0.3, -0.25) is 4.79 Å². The van der Waals surface area contributed by atoms with Gasteiger partial charge in [-0.2, -0.15) is 0 Å². The zero-order chi connectivity index (χ0) is 10.3. The van der Waals surface area contributed by atoms with E-state index in [-0.39, 0.29) is 5.54 Å². The molecule has 2 aliphatic rings. The molecule has 14 heavy (non-hydrogen) atoms. The lowest BCUT2D eigenvalue weighted by Gasteiger charge is -2.44. The molecule has 0 aromatic carbocycles. The van der Waals surface area contributed by atoms with Gasteiger partial charge in [0.1, 0.15) is 10.9 Å². The van der Waals surface area contributed by atoms with Gasteiger partial charge in [-0.25, -0.2) is 0 Å². The van der Waals surface area contributed by atoms with Gasteiger partial charge in [0.05, 0.1) is 18.8 Å². The highest BCUT2D eigenvalue weighted by atomic mass is 32.2. The van der Waals surface area contributed by atoms with Gasteiger partial charge in [0.25, 0.3) is 0 Å². The van der Waals surface area contributed by atoms with E-state index in [1.807, 2.05) is 11.8 Å². The number of quaternary nitrogens is 1. The van der Waals surface area contributed by atoms with Crippen molar-refractivity contribution in [2.24, 2.45) is 5.92 Å². The van der Waals surface area contributed by atoms with Crippen LogP contribution in [0.25, 0.3) is 0 Å². The first kappa shape index (κ1) is 10.3. The Labute approximate surface area is 89.6 Å². The van der Waals surface area contributed by atoms with Crippen LogP contribution < -0.4 is 5.32 Å². The summed E-state index contributed by atoms with van der Waals surface area (Å²) in [5.74, 6) is 1.62. The number of nitrogens with zero attached hydrogens (tertiary/aromatic N) is 1. The van der Waals surface area contributed by atoms with Gasteiger partial charge < -0.3 is 10.2 Å². The van der Waals surface area contributed by atoms with Gasteiger partial charge in [-0.15, -0.1) is 11.8 Å². The number of piperazine rings is 1. The Balaban J connectivity index is 2.24. The molecule has 2 N–H and O–H groups in total. The van der Waals surface area contributed by atoms with Crippen LogP contribution in [0.5, 0.6) is 0 Å². The number of fused-ring (bicyclic) bond motifs is 1. The SMILES string of the molecule is CC(C)[C@]1(C)[NH2+]CCN2C(=O)CS[C@H]21. The third-order valence-electron chi connectivity index (χ3n) is 3.70. The third-order valence-corrected chi connectivity index (χ3v) is 5.19. The van der Waals surface area contributed by atoms with Crippen molar-refractivity contribution in [2.75, 3.05) is 18.8 Å². The normalized spacial score (nSPS) is 37.9. The Kier molecular flexibility index (Phi) is 2.52. The topological polar surface area (TPSA) is 36.9 Å². The molecule has 2 fully saturated rings. The maximum absolute atomic E-state index is 11.6. The summed E-state index contributed by atoms with van der Waals surface area (Å²) >= 11 is 1.81. The van der Waals surface area contributed by atoms with Crippen molar-refractivity contribution < 1.29 is 10.1 Å². The van der Waals surface area contributed by atoms with Gasteiger partial charge >= 0.3 is 0 Å². The molecule has 0 radical (unpaired) electrons. The van der Waals surface area contributed by atoms with E-state index < -0.39 is 0 Å². The fourth-order valence-corrected chi connectivity index (χ4v) is 3.94. The van der Waals surface area contributed by atoms with Crippen LogP contribution in [0.1, 0.15) is 20.8 Å². The molecule has 0 aliphatic carbocycles. The summed E-state index contributed by atoms with van der Waals surface area (Å²) in [7, 11) is 0. The summed E-state index contributed by atoms with van der Waals surface area (Å²) in [6, 6.07) is 0. The van der Waals surface area contributed by atoms with Gasteiger partial charge in [0.15, 0.2) is 0 Å². The number of hydrogen-bond acceptors (Lipinski definition) is 2. The first-order valence-corrected chi connectivity index (χ1v) is 6.36. The van der Waals surface area contributed by atoms with Crippen LogP contribution in [-0.4, -0.2) is 40.6 Å². The number of rotatable bonds is 1. The number of carbonyl (C=O) groups excluding carboxylic acids is 1. The van der Waals surface area contributed by atoms with Gasteiger partial charge in [-0.1, -0.05) is 13.8 Å². The van der Waals surface area contributed by atoms with E-state index in [1.54, 1.807) is 0 Å². The number of thioether (sulfide) groups is 1. The van der Waals surface area contributed by atoms with Crippen LogP contribution in [0.3, 0.4) is 0 Å². The van der Waals surface area contributed by atoms with E-state index in [4.69, 9.17) is 0 Å². The molecular formula is C10H19N2OS+. The van der Waals surface area contributed by atoms with Crippen molar-refractivity contribution in [2.45, 2.75) is 31.7 Å². The lowest BCUT2D eigenvalue weighted by molar-refractivity contribution is -0.740. The zero-order valence-electron chi connectivity index (χ0n) is 9.12. The second-order valence-electron chi connectivity index (χ2n) is 4.76. The fraction of sp³-hybridized carbons (Fsp3) is 0.900. The Morgan fingerprint density at radius 1 is 1.64 bits per heavy atom. The largest absolute Gasteiger partial charge is 0.338 e. The minimum atomic E-state index is 0.203. The van der Waals surface area contributed by atoms with Gasteiger partial charge in [0, 0.05) is 5.92 Å². The van der Waals surface area contributed by atoms with Crippen molar-refractivity contribution in [3.05, 3.63) is 0 Å². The number of amides is 1. The number of nitrogens with two attached hydrogens (primary N) is 1. The Bertz CT molecular complexity index is 257. The molecule has 2 heterocycles. The van der Waals surface area contributed by atoms with Crippen LogP contribution in [-0.2, 0) is 4.79 Å². The van der Waals surface area contributed by atoms with Crippen molar-refractivity contribution in [1.82, 2.24) is 4.90 Å². The third kappa shape index (κ3) is 1.36. The zero-order valence-corrected chi connectivity index (χ0v) is 9.93. The summed E-state index contributed by atoms with van der Waals surface area (Å²) in [6.45, 7) is 8.78. The van der Waals surface area contributed by atoms with Crippen molar-refractivity contribution in [3.63, 3.8) is 0 Å². The molecule has 2 saturated heterocycles. The molecule has 1 amide bonds. The second kappa shape index (κ2) is 3.42. The molecule has 0 saturated carbocycles. The van der Waals surface area contributed by atoms with E-state index in [2.05, 4.69) is 31.0 Å². The van der Waals surface area contributed by atoms with Crippen LogP contribution in [0.4, 0.5) is 0 Å². The fourth-order valence-electron chi connectivity index (χ4n) is 2.35. The smallest absolute Gasteiger partial charge is 0.233 e. The lowest BCUT2D eigenvalue weighted by Crippen LogP contribution is -3.03. The average molecular weight is 215 g/mol. The molecule has 2 atom stereocenters. The molecule has 0 bridgehead atoms. The van der Waals surface area contributed by atoms with Gasteiger partial charge in [-0.05, 0) is 6.92 Å². The van der Waals surface area contributed by atoms with Crippen LogP contribution in [0, 0.1) is 5.92 Å². The van der Waals surface area contributed by atoms with E-state index in [0.717, 1.165) is 13.1 Å². The molecule has 0 spiro atoms. The molecule has 3 nitrogen and oxygen atoms in total. The summed E-state index contributed by atoms with van der Waals surface area (Å²) in [5, 5.41) is 2.81. The maximum atomic E-state index is 11.6. The molecule has 0 aromatic heterocycles. The summed E-state index contributed by atoms with van der Waals surface area (Å²) in [6.07, 6.45) is 0. The Hall–Kier alpha value is -0.220. The van der Waals surface area contributed by atoms with Crippen molar-refractivity contribution >= 4 is 17.7 Å². The van der Waals surface area contributed by atoms with Crippen LogP contribution >= 0.6 is 11.8 Å². The molecular weight excluding hydrogens is 196 g/mol. The first-order chi connectivity index (χ1) is 6.55. The molecule has 0 aromatic rings. The highest BCUT2D eigenvalue weighted by Crippen LogP contribution is 2.35. The second-order valence-corrected chi connectivity index (χ2v) is 5.83. The van der Waals surface area contributed by atoms with Gasteiger partial charge in [0.2, 0.25) is 5.91 Å². The Morgan fingerprint density at radius 3 is 3.00 bits per heavy atom. The monoisotopic (exact) mass is 215 g/mol. The van der Waals surface area contributed by atoms with E-state index in [0.29, 0.717) is 23.0 Å². The van der Waals surface area contributed by atoms with Crippen LogP contribution in [0.15, 0.2) is 0 Å². The van der Waals surface area contributed by atoms with Crippen LogP contribution in [0.2, 0.25) is 0 Å². The van der Waals surface area contributed by atoms with E-state index in [1.165, 1.54) is 0 Å². The highest BCUT2D eigenvalue weighted by Gasteiger charge is 2.51. The van der Waals surface area contributed by atoms with E-state index >= 15 is 0 Å². The predicted molar refractivity (Wildman–Crippen MR) is 58.0 cm³/mol.